The summed E-state index contributed by atoms with van der Waals surface area (Å²) in [5, 5.41) is 0. The van der Waals surface area contributed by atoms with Crippen molar-refractivity contribution in [1.82, 2.24) is 4.57 Å². The average Bonchev–Trinajstić information content (AvgIpc) is 2.61. The van der Waals surface area contributed by atoms with Crippen molar-refractivity contribution in [3.63, 3.8) is 0 Å². The van der Waals surface area contributed by atoms with Crippen LogP contribution in [-0.4, -0.2) is 56.0 Å². The largest absolute Gasteiger partial charge is 0.500 e. The Hall–Kier alpha value is 0.274. The zero-order valence-corrected chi connectivity index (χ0v) is 18.7. The molecule has 0 saturated heterocycles. The van der Waals surface area contributed by atoms with E-state index >= 15 is 0 Å². The van der Waals surface area contributed by atoms with Gasteiger partial charge in [-0.15, -0.1) is 0 Å². The molecule has 23 heavy (non-hydrogen) atoms. The number of hydrogen-bond donors (Lipinski definition) is 0. The van der Waals surface area contributed by atoms with Crippen LogP contribution in [0.15, 0.2) is 0 Å². The van der Waals surface area contributed by atoms with E-state index in [0.29, 0.717) is 0 Å². The predicted molar refractivity (Wildman–Crippen MR) is 105 cm³/mol. The van der Waals surface area contributed by atoms with E-state index in [0.717, 1.165) is 12.5 Å². The number of rotatable bonds is 15. The van der Waals surface area contributed by atoms with Crippen LogP contribution >= 0.6 is 0 Å². The third kappa shape index (κ3) is 6.96. The monoisotopic (exact) mass is 363 g/mol. The van der Waals surface area contributed by atoms with Crippen LogP contribution in [-0.2, 0) is 13.3 Å². The lowest BCUT2D eigenvalue weighted by molar-refractivity contribution is 0.122. The molecule has 140 valence electrons. The van der Waals surface area contributed by atoms with E-state index in [4.69, 9.17) is 13.3 Å². The lowest BCUT2D eigenvalue weighted by Gasteiger charge is -2.41. The molecule has 0 aliphatic rings. The molecule has 0 amide bonds. The highest BCUT2D eigenvalue weighted by Gasteiger charge is 2.37. The molecule has 0 spiro atoms. The fourth-order valence-electron chi connectivity index (χ4n) is 3.56. The first-order chi connectivity index (χ1) is 11.0. The minimum atomic E-state index is -2.39. The van der Waals surface area contributed by atoms with Gasteiger partial charge in [-0.2, -0.15) is 0 Å². The van der Waals surface area contributed by atoms with E-state index in [2.05, 4.69) is 32.3 Å². The topological polar surface area (TPSA) is 30.9 Å². The zero-order chi connectivity index (χ0) is 17.8. The fourth-order valence-corrected chi connectivity index (χ4v) is 9.46. The Bertz CT molecular complexity index is 268. The molecular formula is C17H41NO3Si2. The second kappa shape index (κ2) is 12.6. The predicted octanol–water partition coefficient (Wildman–Crippen LogP) is 4.75. The Balaban J connectivity index is 4.62. The highest BCUT2D eigenvalue weighted by atomic mass is 28.4. The Morgan fingerprint density at radius 2 is 1.17 bits per heavy atom. The lowest BCUT2D eigenvalue weighted by Crippen LogP contribution is -2.53. The standard InChI is InChI=1S/C17H41NO3Si2/c1-8-12-15-18(22(9-2,10-3)11-4)16-13-14-17-23(19-5,20-6)21-7/h8-17H2,1-7H3. The van der Waals surface area contributed by atoms with Crippen LogP contribution in [0.3, 0.4) is 0 Å². The molecule has 0 rings (SSSR count). The number of unbranched alkanes of at least 4 members (excludes halogenated alkanes) is 2. The molecule has 0 aliphatic carbocycles. The van der Waals surface area contributed by atoms with Gasteiger partial charge < -0.3 is 17.8 Å². The minimum Gasteiger partial charge on any atom is -0.377 e. The normalized spacial score (nSPS) is 13.0. The summed E-state index contributed by atoms with van der Waals surface area (Å²) in [4.78, 5) is 0. The summed E-state index contributed by atoms with van der Waals surface area (Å²) in [5.74, 6) is 0. The van der Waals surface area contributed by atoms with Gasteiger partial charge in [-0.3, -0.25) is 0 Å². The van der Waals surface area contributed by atoms with Gasteiger partial charge in [-0.05, 0) is 50.5 Å². The number of hydrogen-bond acceptors (Lipinski definition) is 4. The Kier molecular flexibility index (Phi) is 12.8. The molecule has 0 aromatic rings. The van der Waals surface area contributed by atoms with E-state index in [1.807, 2.05) is 0 Å². The van der Waals surface area contributed by atoms with Crippen molar-refractivity contribution in [2.24, 2.45) is 0 Å². The molecule has 0 aromatic heterocycles. The SMILES string of the molecule is CCCCN(CCCC[Si](OC)(OC)OC)[Si](CC)(CC)CC. The summed E-state index contributed by atoms with van der Waals surface area (Å²) in [7, 11) is 1.47. The molecule has 0 N–H and O–H groups in total. The zero-order valence-electron chi connectivity index (χ0n) is 16.7. The maximum atomic E-state index is 5.53. The summed E-state index contributed by atoms with van der Waals surface area (Å²) >= 11 is 0. The van der Waals surface area contributed by atoms with Crippen molar-refractivity contribution in [3.05, 3.63) is 0 Å². The van der Waals surface area contributed by atoms with Crippen molar-refractivity contribution in [3.8, 4) is 0 Å². The van der Waals surface area contributed by atoms with Gasteiger partial charge in [0, 0.05) is 27.4 Å². The summed E-state index contributed by atoms with van der Waals surface area (Å²) in [6.45, 7) is 12.0. The van der Waals surface area contributed by atoms with Crippen LogP contribution < -0.4 is 0 Å². The molecule has 4 nitrogen and oxygen atoms in total. The van der Waals surface area contributed by atoms with Crippen molar-refractivity contribution < 1.29 is 13.3 Å². The maximum Gasteiger partial charge on any atom is 0.500 e. The van der Waals surface area contributed by atoms with E-state index in [1.54, 1.807) is 21.3 Å². The molecule has 0 saturated carbocycles. The van der Waals surface area contributed by atoms with Crippen LogP contribution in [0.1, 0.15) is 53.4 Å². The van der Waals surface area contributed by atoms with Gasteiger partial charge in [0.15, 0.2) is 0 Å². The van der Waals surface area contributed by atoms with Gasteiger partial charge in [-0.1, -0.05) is 34.1 Å². The average molecular weight is 364 g/mol. The Labute approximate surface area is 147 Å². The van der Waals surface area contributed by atoms with Crippen molar-refractivity contribution in [2.75, 3.05) is 34.4 Å². The summed E-state index contributed by atoms with van der Waals surface area (Å²) in [5.41, 5.74) is 0. The highest BCUT2D eigenvalue weighted by Crippen LogP contribution is 2.26. The van der Waals surface area contributed by atoms with Gasteiger partial charge in [0.25, 0.3) is 0 Å². The van der Waals surface area contributed by atoms with Crippen molar-refractivity contribution in [1.29, 1.82) is 0 Å². The van der Waals surface area contributed by atoms with E-state index in [9.17, 15) is 0 Å². The Morgan fingerprint density at radius 1 is 0.696 bits per heavy atom. The molecule has 0 fully saturated rings. The van der Waals surface area contributed by atoms with Crippen molar-refractivity contribution >= 4 is 17.0 Å². The second-order valence-corrected chi connectivity index (χ2v) is 14.7. The van der Waals surface area contributed by atoms with Crippen LogP contribution in [0.25, 0.3) is 0 Å². The molecule has 0 aromatic carbocycles. The lowest BCUT2D eigenvalue weighted by atomic mass is 10.3. The van der Waals surface area contributed by atoms with E-state index in [-0.39, 0.29) is 0 Å². The molecule has 0 unspecified atom stereocenters. The molecular weight excluding hydrogens is 322 g/mol. The van der Waals surface area contributed by atoms with Crippen LogP contribution in [0.4, 0.5) is 0 Å². The molecule has 6 heteroatoms. The number of nitrogens with zero attached hydrogens (tertiary/aromatic N) is 1. The summed E-state index contributed by atoms with van der Waals surface area (Å²) < 4.78 is 19.5. The molecule has 0 heterocycles. The van der Waals surface area contributed by atoms with Gasteiger partial charge in [0.1, 0.15) is 8.24 Å². The molecule has 0 bridgehead atoms. The van der Waals surface area contributed by atoms with Gasteiger partial charge in [0.05, 0.1) is 0 Å². The molecule has 0 radical (unpaired) electrons. The van der Waals surface area contributed by atoms with Crippen molar-refractivity contribution in [2.45, 2.75) is 77.6 Å². The van der Waals surface area contributed by atoms with Gasteiger partial charge >= 0.3 is 8.80 Å². The summed E-state index contributed by atoms with van der Waals surface area (Å²) in [6.07, 6.45) is 4.93. The molecule has 0 atom stereocenters. The van der Waals surface area contributed by atoms with Crippen LogP contribution in [0.2, 0.25) is 24.2 Å². The summed E-state index contributed by atoms with van der Waals surface area (Å²) in [6, 6.07) is 5.03. The smallest absolute Gasteiger partial charge is 0.377 e. The molecule has 0 aliphatic heterocycles. The Morgan fingerprint density at radius 3 is 1.57 bits per heavy atom. The quantitative estimate of drug-likeness (QED) is 0.310. The first-order valence-electron chi connectivity index (χ1n) is 9.44. The van der Waals surface area contributed by atoms with Gasteiger partial charge in [-0.25, -0.2) is 0 Å². The van der Waals surface area contributed by atoms with E-state index in [1.165, 1.54) is 50.5 Å². The minimum absolute atomic E-state index is 0.914. The highest BCUT2D eigenvalue weighted by molar-refractivity contribution is 6.77. The third-order valence-corrected chi connectivity index (χ3v) is 14.1. The van der Waals surface area contributed by atoms with Crippen LogP contribution in [0.5, 0.6) is 0 Å². The van der Waals surface area contributed by atoms with Gasteiger partial charge in [0.2, 0.25) is 0 Å². The maximum absolute atomic E-state index is 5.53. The first kappa shape index (κ1) is 23.3. The fraction of sp³-hybridized carbons (Fsp3) is 1.00. The van der Waals surface area contributed by atoms with E-state index < -0.39 is 17.0 Å². The third-order valence-electron chi connectivity index (χ3n) is 5.52. The van der Waals surface area contributed by atoms with Crippen LogP contribution in [0, 0.1) is 0 Å². The second-order valence-electron chi connectivity index (χ2n) is 6.38. The first-order valence-corrected chi connectivity index (χ1v) is 13.9.